The van der Waals surface area contributed by atoms with E-state index in [-0.39, 0.29) is 16.0 Å². The molecule has 0 bridgehead atoms. The van der Waals surface area contributed by atoms with Crippen molar-refractivity contribution < 1.29 is 18.3 Å². The van der Waals surface area contributed by atoms with E-state index in [9.17, 15) is 13.2 Å². The molecule has 1 aromatic rings. The van der Waals surface area contributed by atoms with Gasteiger partial charge in [-0.25, -0.2) is 13.2 Å². The number of carboxylic acids is 1. The topological polar surface area (TPSA) is 77.9 Å². The molecule has 1 aliphatic heterocycles. The number of sulfonamides is 1. The van der Waals surface area contributed by atoms with E-state index in [4.69, 9.17) is 5.11 Å². The summed E-state index contributed by atoms with van der Waals surface area (Å²) in [5.41, 5.74) is -0.00610. The van der Waals surface area contributed by atoms with Gasteiger partial charge in [0.15, 0.2) is 0 Å². The van der Waals surface area contributed by atoms with Gasteiger partial charge in [-0.15, -0.1) is 0 Å². The quantitative estimate of drug-likeness (QED) is 0.910. The van der Waals surface area contributed by atoms with E-state index < -0.39 is 16.0 Å². The minimum atomic E-state index is -3.64. The summed E-state index contributed by atoms with van der Waals surface area (Å²) in [6.07, 6.45) is 0. The van der Waals surface area contributed by atoms with E-state index >= 15 is 0 Å². The van der Waals surface area contributed by atoms with Gasteiger partial charge in [-0.05, 0) is 39.0 Å². The molecule has 0 saturated carbocycles. The van der Waals surface area contributed by atoms with Crippen LogP contribution in [-0.4, -0.2) is 60.4 Å². The molecular formula is C15H22N2O4S. The second kappa shape index (κ2) is 5.98. The predicted octanol–water partition coefficient (Wildman–Crippen LogP) is 1.49. The van der Waals surface area contributed by atoms with E-state index in [1.165, 1.54) is 28.6 Å². The second-order valence-electron chi connectivity index (χ2n) is 6.39. The van der Waals surface area contributed by atoms with E-state index in [2.05, 4.69) is 25.7 Å². The molecule has 6 nitrogen and oxygen atoms in total. The van der Waals surface area contributed by atoms with E-state index in [1.54, 1.807) is 0 Å². The summed E-state index contributed by atoms with van der Waals surface area (Å²) in [5, 5.41) is 8.99. The first kappa shape index (κ1) is 16.9. The Labute approximate surface area is 131 Å². The highest BCUT2D eigenvalue weighted by atomic mass is 32.2. The van der Waals surface area contributed by atoms with E-state index in [1.807, 2.05) is 0 Å². The van der Waals surface area contributed by atoms with Gasteiger partial charge >= 0.3 is 5.97 Å². The van der Waals surface area contributed by atoms with Crippen LogP contribution in [0.1, 0.15) is 31.1 Å². The van der Waals surface area contributed by atoms with E-state index in [0.29, 0.717) is 26.2 Å². The van der Waals surface area contributed by atoms with Crippen molar-refractivity contribution in [3.8, 4) is 0 Å². The third-order valence-corrected chi connectivity index (χ3v) is 5.80. The zero-order valence-corrected chi connectivity index (χ0v) is 13.9. The first-order valence-corrected chi connectivity index (χ1v) is 8.65. The molecular weight excluding hydrogens is 304 g/mol. The fourth-order valence-electron chi connectivity index (χ4n) is 2.54. The SMILES string of the molecule is CC(C)(C)N1CCN(S(=O)(=O)c2cccc(C(=O)O)c2)CC1. The molecule has 1 N–H and O–H groups in total. The van der Waals surface area contributed by atoms with Crippen molar-refractivity contribution >= 4 is 16.0 Å². The number of aromatic carboxylic acids is 1. The zero-order valence-electron chi connectivity index (χ0n) is 13.1. The summed E-state index contributed by atoms with van der Waals surface area (Å²) >= 11 is 0. The van der Waals surface area contributed by atoms with Crippen molar-refractivity contribution in [2.75, 3.05) is 26.2 Å². The van der Waals surface area contributed by atoms with Gasteiger partial charge in [0, 0.05) is 31.7 Å². The Bertz CT molecular complexity index is 656. The van der Waals surface area contributed by atoms with Crippen LogP contribution in [0, 0.1) is 0 Å². The van der Waals surface area contributed by atoms with Crippen LogP contribution in [-0.2, 0) is 10.0 Å². The number of piperazine rings is 1. The van der Waals surface area contributed by atoms with Crippen LogP contribution in [0.15, 0.2) is 29.2 Å². The van der Waals surface area contributed by atoms with Gasteiger partial charge in [-0.1, -0.05) is 6.07 Å². The molecule has 22 heavy (non-hydrogen) atoms. The highest BCUT2D eigenvalue weighted by Crippen LogP contribution is 2.22. The molecule has 1 heterocycles. The van der Waals surface area contributed by atoms with Crippen molar-refractivity contribution in [2.24, 2.45) is 0 Å². The maximum Gasteiger partial charge on any atom is 0.335 e. The molecule has 0 atom stereocenters. The predicted molar refractivity (Wildman–Crippen MR) is 83.5 cm³/mol. The van der Waals surface area contributed by atoms with Gasteiger partial charge in [-0.3, -0.25) is 4.90 Å². The first-order valence-electron chi connectivity index (χ1n) is 7.21. The van der Waals surface area contributed by atoms with Crippen molar-refractivity contribution in [3.63, 3.8) is 0 Å². The van der Waals surface area contributed by atoms with Crippen molar-refractivity contribution in [1.82, 2.24) is 9.21 Å². The minimum absolute atomic E-state index is 0.0130. The van der Waals surface area contributed by atoms with Crippen LogP contribution in [0.4, 0.5) is 0 Å². The third kappa shape index (κ3) is 3.48. The summed E-state index contributed by atoms with van der Waals surface area (Å²) in [6, 6.07) is 5.51. The molecule has 0 unspecified atom stereocenters. The molecule has 1 aromatic carbocycles. The smallest absolute Gasteiger partial charge is 0.335 e. The number of hydrogen-bond donors (Lipinski definition) is 1. The lowest BCUT2D eigenvalue weighted by Crippen LogP contribution is -2.54. The fourth-order valence-corrected chi connectivity index (χ4v) is 4.01. The van der Waals surface area contributed by atoms with Gasteiger partial charge in [-0.2, -0.15) is 4.31 Å². The van der Waals surface area contributed by atoms with Gasteiger partial charge in [0.25, 0.3) is 0 Å². The number of benzene rings is 1. The highest BCUT2D eigenvalue weighted by Gasteiger charge is 2.32. The normalized spacial score (nSPS) is 18.3. The lowest BCUT2D eigenvalue weighted by Gasteiger charge is -2.41. The molecule has 1 fully saturated rings. The second-order valence-corrected chi connectivity index (χ2v) is 8.33. The molecule has 1 aliphatic rings. The minimum Gasteiger partial charge on any atom is -0.478 e. The number of carboxylic acid groups (broad SMARTS) is 1. The molecule has 0 amide bonds. The number of carbonyl (C=O) groups is 1. The Morgan fingerprint density at radius 2 is 1.73 bits per heavy atom. The Morgan fingerprint density at radius 3 is 2.23 bits per heavy atom. The molecule has 1 saturated heterocycles. The van der Waals surface area contributed by atoms with Crippen LogP contribution in [0.3, 0.4) is 0 Å². The molecule has 0 aromatic heterocycles. The zero-order chi connectivity index (χ0) is 16.5. The fraction of sp³-hybridized carbons (Fsp3) is 0.533. The maximum absolute atomic E-state index is 12.6. The molecule has 122 valence electrons. The van der Waals surface area contributed by atoms with Crippen molar-refractivity contribution in [1.29, 1.82) is 0 Å². The van der Waals surface area contributed by atoms with Crippen LogP contribution >= 0.6 is 0 Å². The van der Waals surface area contributed by atoms with Gasteiger partial charge < -0.3 is 5.11 Å². The number of hydrogen-bond acceptors (Lipinski definition) is 4. The van der Waals surface area contributed by atoms with Crippen LogP contribution in [0.2, 0.25) is 0 Å². The Kier molecular flexibility index (Phi) is 4.60. The summed E-state index contributed by atoms with van der Waals surface area (Å²) in [7, 11) is -3.64. The molecule has 0 spiro atoms. The molecule has 0 aliphatic carbocycles. The Morgan fingerprint density at radius 1 is 1.14 bits per heavy atom. The first-order chi connectivity index (χ1) is 10.1. The lowest BCUT2D eigenvalue weighted by molar-refractivity contribution is 0.0696. The lowest BCUT2D eigenvalue weighted by atomic mass is 10.1. The average Bonchev–Trinajstić information content (AvgIpc) is 2.46. The third-order valence-electron chi connectivity index (χ3n) is 3.91. The summed E-state index contributed by atoms with van der Waals surface area (Å²) in [6.45, 7) is 8.48. The van der Waals surface area contributed by atoms with Gasteiger partial charge in [0.05, 0.1) is 10.5 Å². The standard InChI is InChI=1S/C15H22N2O4S/c1-15(2,3)16-7-9-17(10-8-16)22(20,21)13-6-4-5-12(11-13)14(18)19/h4-6,11H,7-10H2,1-3H3,(H,18,19). The Hall–Kier alpha value is -1.44. The summed E-state index contributed by atoms with van der Waals surface area (Å²) in [5.74, 6) is -1.13. The van der Waals surface area contributed by atoms with E-state index in [0.717, 1.165) is 0 Å². The molecule has 0 radical (unpaired) electrons. The maximum atomic E-state index is 12.6. The van der Waals surface area contributed by atoms with Crippen molar-refractivity contribution in [2.45, 2.75) is 31.2 Å². The summed E-state index contributed by atoms with van der Waals surface area (Å²) < 4.78 is 26.7. The number of rotatable bonds is 3. The molecule has 2 rings (SSSR count). The Balaban J connectivity index is 2.19. The summed E-state index contributed by atoms with van der Waals surface area (Å²) in [4.78, 5) is 13.3. The van der Waals surface area contributed by atoms with Crippen LogP contribution in [0.25, 0.3) is 0 Å². The molecule has 7 heteroatoms. The van der Waals surface area contributed by atoms with Crippen LogP contribution < -0.4 is 0 Å². The largest absolute Gasteiger partial charge is 0.478 e. The van der Waals surface area contributed by atoms with Crippen molar-refractivity contribution in [3.05, 3.63) is 29.8 Å². The van der Waals surface area contributed by atoms with Gasteiger partial charge in [0.2, 0.25) is 10.0 Å². The number of nitrogens with zero attached hydrogens (tertiary/aromatic N) is 2. The average molecular weight is 326 g/mol. The van der Waals surface area contributed by atoms with Gasteiger partial charge in [0.1, 0.15) is 0 Å². The van der Waals surface area contributed by atoms with Crippen LogP contribution in [0.5, 0.6) is 0 Å². The highest BCUT2D eigenvalue weighted by molar-refractivity contribution is 7.89. The monoisotopic (exact) mass is 326 g/mol.